The summed E-state index contributed by atoms with van der Waals surface area (Å²) in [6.45, 7) is 3.97. The van der Waals surface area contributed by atoms with Gasteiger partial charge in [-0.3, -0.25) is 14.0 Å². The molecule has 0 aliphatic carbocycles. The summed E-state index contributed by atoms with van der Waals surface area (Å²) in [5.41, 5.74) is 5.28. The second-order valence-corrected chi connectivity index (χ2v) is 9.02. The summed E-state index contributed by atoms with van der Waals surface area (Å²) in [4.78, 5) is 30.5. The van der Waals surface area contributed by atoms with Gasteiger partial charge in [0.15, 0.2) is 0 Å². The van der Waals surface area contributed by atoms with Gasteiger partial charge >= 0.3 is 0 Å². The van der Waals surface area contributed by atoms with Gasteiger partial charge in [-0.1, -0.05) is 54.1 Å². The van der Waals surface area contributed by atoms with E-state index in [9.17, 15) is 9.59 Å². The molecular weight excluding hydrogens is 448 g/mol. The monoisotopic (exact) mass is 476 g/mol. The number of fused-ring (bicyclic) bond motifs is 2. The Balaban J connectivity index is 1.84. The molecule has 0 saturated heterocycles. The number of H-pyrrole nitrogens is 1. The molecular formula is C31H28N2O3. The number of methoxy groups -OCH3 is 1. The number of allylic oxidation sites excluding steroid dienone is 2. The Morgan fingerprint density at radius 3 is 2.22 bits per heavy atom. The van der Waals surface area contributed by atoms with Gasteiger partial charge in [-0.2, -0.15) is 0 Å². The average Bonchev–Trinajstić information content (AvgIpc) is 3.39. The zero-order valence-electron chi connectivity index (χ0n) is 20.7. The standard InChI is InChI=1S/C31H28N2O3/c1-4-5-7-26-24(18-22-13-15-23(36-3)16-14-22)29-28(30(34)32-26)25(19-21-11-9-20(2)10-12-21)27-8-6-17-33(27)31(29)35/h4-17H,18-19H2,1-3H3,(H,32,34)/b5-4-,26-7-. The third-order valence-corrected chi connectivity index (χ3v) is 6.64. The van der Waals surface area contributed by atoms with Crippen molar-refractivity contribution in [2.24, 2.45) is 0 Å². The SMILES string of the molecule is C/C=C\C=c1/[nH]c(=O)c2c(Cc3ccc(C)cc3)c3cccn3c(=O)c2c1Cc1ccc(OC)cc1. The minimum atomic E-state index is -0.248. The lowest BCUT2D eigenvalue weighted by Gasteiger charge is -2.14. The van der Waals surface area contributed by atoms with Crippen molar-refractivity contribution < 1.29 is 4.74 Å². The number of aromatic nitrogens is 2. The van der Waals surface area contributed by atoms with E-state index in [1.807, 2.05) is 61.5 Å². The molecule has 5 aromatic rings. The highest BCUT2D eigenvalue weighted by Gasteiger charge is 2.20. The van der Waals surface area contributed by atoms with Crippen LogP contribution in [0.5, 0.6) is 5.75 Å². The van der Waals surface area contributed by atoms with E-state index < -0.39 is 0 Å². The smallest absolute Gasteiger partial charge is 0.263 e. The fourth-order valence-corrected chi connectivity index (χ4v) is 4.79. The molecule has 0 unspecified atom stereocenters. The molecule has 3 aromatic heterocycles. The molecule has 0 saturated carbocycles. The summed E-state index contributed by atoms with van der Waals surface area (Å²) in [6, 6.07) is 19.8. The van der Waals surface area contributed by atoms with Crippen LogP contribution in [0.1, 0.15) is 34.7 Å². The molecule has 3 heterocycles. The normalized spacial score (nSPS) is 12.2. The lowest BCUT2D eigenvalue weighted by Crippen LogP contribution is -2.30. The molecule has 0 spiro atoms. The van der Waals surface area contributed by atoms with E-state index in [0.29, 0.717) is 29.0 Å². The molecule has 0 aliphatic heterocycles. The fourth-order valence-electron chi connectivity index (χ4n) is 4.79. The van der Waals surface area contributed by atoms with Crippen molar-refractivity contribution in [3.8, 4) is 5.75 Å². The fraction of sp³-hybridized carbons (Fsp3) is 0.161. The predicted molar refractivity (Wildman–Crippen MR) is 146 cm³/mol. The molecule has 2 aromatic carbocycles. The maximum atomic E-state index is 13.8. The van der Waals surface area contributed by atoms with Crippen LogP contribution in [0.3, 0.4) is 0 Å². The van der Waals surface area contributed by atoms with Crippen LogP contribution in [-0.2, 0) is 12.8 Å². The zero-order chi connectivity index (χ0) is 25.2. The van der Waals surface area contributed by atoms with E-state index in [2.05, 4.69) is 36.2 Å². The van der Waals surface area contributed by atoms with E-state index >= 15 is 0 Å². The van der Waals surface area contributed by atoms with E-state index in [0.717, 1.165) is 33.5 Å². The number of benzene rings is 2. The minimum absolute atomic E-state index is 0.178. The number of hydrogen-bond donors (Lipinski definition) is 1. The number of aromatic amines is 1. The number of aryl methyl sites for hydroxylation is 1. The van der Waals surface area contributed by atoms with Crippen LogP contribution in [0.2, 0.25) is 0 Å². The molecule has 1 N–H and O–H groups in total. The molecule has 0 radical (unpaired) electrons. The topological polar surface area (TPSA) is 63.6 Å². The summed E-state index contributed by atoms with van der Waals surface area (Å²) in [6.07, 6.45) is 8.46. The van der Waals surface area contributed by atoms with Gasteiger partial charge in [0.05, 0.1) is 23.4 Å². The third kappa shape index (κ3) is 4.24. The van der Waals surface area contributed by atoms with Crippen molar-refractivity contribution in [3.05, 3.63) is 133 Å². The molecule has 5 rings (SSSR count). The third-order valence-electron chi connectivity index (χ3n) is 6.64. The van der Waals surface area contributed by atoms with Crippen molar-refractivity contribution in [1.82, 2.24) is 9.38 Å². The van der Waals surface area contributed by atoms with Crippen LogP contribution < -0.4 is 21.2 Å². The second-order valence-electron chi connectivity index (χ2n) is 9.02. The Morgan fingerprint density at radius 1 is 0.889 bits per heavy atom. The van der Waals surface area contributed by atoms with Gasteiger partial charge in [-0.05, 0) is 66.4 Å². The number of rotatable bonds is 6. The van der Waals surface area contributed by atoms with Gasteiger partial charge in [-0.25, -0.2) is 0 Å². The van der Waals surface area contributed by atoms with Crippen LogP contribution >= 0.6 is 0 Å². The number of pyridine rings is 2. The maximum Gasteiger partial charge on any atom is 0.263 e. The Morgan fingerprint density at radius 2 is 1.56 bits per heavy atom. The zero-order valence-corrected chi connectivity index (χ0v) is 20.7. The molecule has 5 heteroatoms. The lowest BCUT2D eigenvalue weighted by molar-refractivity contribution is 0.414. The first-order valence-electron chi connectivity index (χ1n) is 12.0. The molecule has 0 aliphatic rings. The first-order valence-corrected chi connectivity index (χ1v) is 12.0. The molecule has 0 amide bonds. The summed E-state index contributed by atoms with van der Waals surface area (Å²) in [5.74, 6) is 0.768. The molecule has 5 nitrogen and oxygen atoms in total. The first kappa shape index (κ1) is 23.4. The van der Waals surface area contributed by atoms with E-state index in [4.69, 9.17) is 4.74 Å². The van der Waals surface area contributed by atoms with Gasteiger partial charge < -0.3 is 9.72 Å². The number of hydrogen-bond acceptors (Lipinski definition) is 3. The Hall–Kier alpha value is -4.38. The Labute approximate surface area is 209 Å². The maximum absolute atomic E-state index is 13.8. The largest absolute Gasteiger partial charge is 0.497 e. The molecule has 0 bridgehead atoms. The first-order chi connectivity index (χ1) is 17.5. The van der Waals surface area contributed by atoms with Gasteiger partial charge in [0.1, 0.15) is 5.75 Å². The molecule has 0 atom stereocenters. The van der Waals surface area contributed by atoms with Gasteiger partial charge in [0.25, 0.3) is 11.1 Å². The molecule has 36 heavy (non-hydrogen) atoms. The summed E-state index contributed by atoms with van der Waals surface area (Å²) in [7, 11) is 1.64. The lowest BCUT2D eigenvalue weighted by atomic mass is 9.94. The van der Waals surface area contributed by atoms with Crippen molar-refractivity contribution in [2.45, 2.75) is 26.7 Å². The van der Waals surface area contributed by atoms with Gasteiger partial charge in [0, 0.05) is 24.4 Å². The van der Waals surface area contributed by atoms with Crippen molar-refractivity contribution >= 4 is 22.4 Å². The molecule has 180 valence electrons. The Bertz CT molecular complexity index is 1760. The minimum Gasteiger partial charge on any atom is -0.497 e. The average molecular weight is 477 g/mol. The predicted octanol–water partition coefficient (Wildman–Crippen LogP) is 4.72. The van der Waals surface area contributed by atoms with Crippen molar-refractivity contribution in [3.63, 3.8) is 0 Å². The highest BCUT2D eigenvalue weighted by atomic mass is 16.5. The van der Waals surface area contributed by atoms with Crippen LogP contribution in [0.25, 0.3) is 22.4 Å². The van der Waals surface area contributed by atoms with E-state index in [1.54, 1.807) is 17.7 Å². The van der Waals surface area contributed by atoms with Crippen LogP contribution in [0, 0.1) is 6.92 Å². The van der Waals surface area contributed by atoms with Crippen LogP contribution in [0.15, 0.2) is 88.6 Å². The number of nitrogens with one attached hydrogen (secondary N) is 1. The molecule has 0 fully saturated rings. The van der Waals surface area contributed by atoms with E-state index in [-0.39, 0.29) is 11.1 Å². The summed E-state index contributed by atoms with van der Waals surface area (Å²) >= 11 is 0. The number of nitrogens with zero attached hydrogens (tertiary/aromatic N) is 1. The second kappa shape index (κ2) is 9.70. The van der Waals surface area contributed by atoms with E-state index in [1.165, 1.54) is 5.56 Å². The summed E-state index contributed by atoms with van der Waals surface area (Å²) < 4.78 is 6.97. The quantitative estimate of drug-likeness (QED) is 0.386. The van der Waals surface area contributed by atoms with Crippen LogP contribution in [-0.4, -0.2) is 16.5 Å². The highest BCUT2D eigenvalue weighted by Crippen LogP contribution is 2.24. The van der Waals surface area contributed by atoms with Gasteiger partial charge in [-0.15, -0.1) is 0 Å². The van der Waals surface area contributed by atoms with Gasteiger partial charge in [0.2, 0.25) is 0 Å². The van der Waals surface area contributed by atoms with Crippen LogP contribution in [0.4, 0.5) is 0 Å². The summed E-state index contributed by atoms with van der Waals surface area (Å²) in [5, 5.41) is 1.58. The van der Waals surface area contributed by atoms with Crippen molar-refractivity contribution in [2.75, 3.05) is 7.11 Å². The number of ether oxygens (including phenoxy) is 1. The van der Waals surface area contributed by atoms with Crippen molar-refractivity contribution in [1.29, 1.82) is 0 Å². The highest BCUT2D eigenvalue weighted by molar-refractivity contribution is 5.92. The Kier molecular flexibility index (Phi) is 6.30.